The SMILES string of the molecule is O=C1CCc2cc(C(=O)NCC(O)c3ccsc3)c(F)cc2N1. The molecule has 3 rings (SSSR count). The molecule has 5 nitrogen and oxygen atoms in total. The van der Waals surface area contributed by atoms with E-state index < -0.39 is 17.8 Å². The second-order valence-electron chi connectivity index (χ2n) is 5.32. The fraction of sp³-hybridized carbons (Fsp3) is 0.250. The van der Waals surface area contributed by atoms with Gasteiger partial charge in [0.25, 0.3) is 5.91 Å². The molecule has 2 amide bonds. The Balaban J connectivity index is 1.71. The highest BCUT2D eigenvalue weighted by molar-refractivity contribution is 7.07. The van der Waals surface area contributed by atoms with Crippen LogP contribution in [0, 0.1) is 5.82 Å². The van der Waals surface area contributed by atoms with Crippen molar-refractivity contribution < 1.29 is 19.1 Å². The van der Waals surface area contributed by atoms with Crippen molar-refractivity contribution in [3.63, 3.8) is 0 Å². The van der Waals surface area contributed by atoms with E-state index >= 15 is 0 Å². The lowest BCUT2D eigenvalue weighted by molar-refractivity contribution is -0.116. The molecule has 1 aliphatic heterocycles. The maximum atomic E-state index is 14.1. The number of aliphatic hydroxyl groups is 1. The van der Waals surface area contributed by atoms with Crippen molar-refractivity contribution in [1.82, 2.24) is 5.32 Å². The minimum Gasteiger partial charge on any atom is -0.387 e. The zero-order valence-electron chi connectivity index (χ0n) is 12.1. The van der Waals surface area contributed by atoms with Crippen LogP contribution in [0.15, 0.2) is 29.0 Å². The van der Waals surface area contributed by atoms with E-state index in [0.717, 1.165) is 11.6 Å². The van der Waals surface area contributed by atoms with Gasteiger partial charge in [-0.3, -0.25) is 9.59 Å². The monoisotopic (exact) mass is 334 g/mol. The number of carbonyl (C=O) groups is 2. The highest BCUT2D eigenvalue weighted by Gasteiger charge is 2.21. The standard InChI is InChI=1S/C16H15FN2O3S/c17-12-6-13-9(1-2-15(21)19-13)5-11(12)16(22)18-7-14(20)10-3-4-23-8-10/h3-6,8,14,20H,1-2,7H2,(H,18,22)(H,19,21). The van der Waals surface area contributed by atoms with Crippen molar-refractivity contribution in [2.75, 3.05) is 11.9 Å². The maximum absolute atomic E-state index is 14.1. The summed E-state index contributed by atoms with van der Waals surface area (Å²) in [5, 5.41) is 18.7. The first-order valence-electron chi connectivity index (χ1n) is 7.15. The Hall–Kier alpha value is -2.25. The van der Waals surface area contributed by atoms with E-state index in [4.69, 9.17) is 0 Å². The molecule has 1 unspecified atom stereocenters. The van der Waals surface area contributed by atoms with Crippen LogP contribution in [-0.2, 0) is 11.2 Å². The van der Waals surface area contributed by atoms with E-state index in [1.807, 2.05) is 5.38 Å². The summed E-state index contributed by atoms with van der Waals surface area (Å²) in [6.45, 7) is 0.00280. The lowest BCUT2D eigenvalue weighted by atomic mass is 9.99. The lowest BCUT2D eigenvalue weighted by Gasteiger charge is -2.18. The minimum absolute atomic E-state index is 0.00280. The van der Waals surface area contributed by atoms with Crippen LogP contribution in [-0.4, -0.2) is 23.5 Å². The number of thiophene rings is 1. The summed E-state index contributed by atoms with van der Waals surface area (Å²) in [7, 11) is 0. The highest BCUT2D eigenvalue weighted by Crippen LogP contribution is 2.26. The summed E-state index contributed by atoms with van der Waals surface area (Å²) in [4.78, 5) is 23.4. The molecule has 1 aromatic heterocycles. The number of carbonyl (C=O) groups excluding carboxylic acids is 2. The van der Waals surface area contributed by atoms with Crippen LogP contribution >= 0.6 is 11.3 Å². The third kappa shape index (κ3) is 3.40. The first-order valence-corrected chi connectivity index (χ1v) is 8.09. The number of aliphatic hydroxyl groups excluding tert-OH is 1. The van der Waals surface area contributed by atoms with Gasteiger partial charge in [0.1, 0.15) is 5.82 Å². The molecule has 2 aromatic rings. The van der Waals surface area contributed by atoms with E-state index in [1.54, 1.807) is 11.4 Å². The van der Waals surface area contributed by atoms with Gasteiger partial charge in [0.05, 0.1) is 11.7 Å². The first-order chi connectivity index (χ1) is 11.0. The smallest absolute Gasteiger partial charge is 0.254 e. The zero-order valence-corrected chi connectivity index (χ0v) is 13.0. The van der Waals surface area contributed by atoms with Crippen molar-refractivity contribution in [2.24, 2.45) is 0 Å². The Morgan fingerprint density at radius 3 is 3.00 bits per heavy atom. The van der Waals surface area contributed by atoms with Gasteiger partial charge in [0.2, 0.25) is 5.91 Å². The molecule has 0 fully saturated rings. The predicted molar refractivity (Wildman–Crippen MR) is 85.0 cm³/mol. The molecule has 1 aromatic carbocycles. The molecular formula is C16H15FN2O3S. The Labute approximate surface area is 136 Å². The number of nitrogens with one attached hydrogen (secondary N) is 2. The minimum atomic E-state index is -0.829. The molecule has 0 saturated carbocycles. The quantitative estimate of drug-likeness (QED) is 0.802. The molecule has 2 heterocycles. The van der Waals surface area contributed by atoms with Crippen LogP contribution in [0.25, 0.3) is 0 Å². The number of benzene rings is 1. The molecule has 0 spiro atoms. The van der Waals surface area contributed by atoms with Gasteiger partial charge in [-0.1, -0.05) is 0 Å². The van der Waals surface area contributed by atoms with Gasteiger partial charge < -0.3 is 15.7 Å². The third-order valence-electron chi connectivity index (χ3n) is 3.72. The molecule has 7 heteroatoms. The summed E-state index contributed by atoms with van der Waals surface area (Å²) >= 11 is 1.45. The Morgan fingerprint density at radius 1 is 1.43 bits per heavy atom. The molecule has 0 bridgehead atoms. The molecule has 1 aliphatic rings. The second kappa shape index (κ2) is 6.47. The molecule has 120 valence electrons. The van der Waals surface area contributed by atoms with Gasteiger partial charge in [0.15, 0.2) is 0 Å². The highest BCUT2D eigenvalue weighted by atomic mass is 32.1. The van der Waals surface area contributed by atoms with Crippen LogP contribution in [0.4, 0.5) is 10.1 Å². The summed E-state index contributed by atoms with van der Waals surface area (Å²) < 4.78 is 14.1. The number of fused-ring (bicyclic) bond motifs is 1. The molecule has 0 radical (unpaired) electrons. The number of anilines is 1. The number of aryl methyl sites for hydroxylation is 1. The summed E-state index contributed by atoms with van der Waals surface area (Å²) in [5.74, 6) is -1.45. The van der Waals surface area contributed by atoms with Gasteiger partial charge in [-0.15, -0.1) is 0 Å². The van der Waals surface area contributed by atoms with E-state index in [0.29, 0.717) is 24.1 Å². The molecule has 3 N–H and O–H groups in total. The first kappa shape index (κ1) is 15.6. The molecule has 0 saturated heterocycles. The van der Waals surface area contributed by atoms with Crippen LogP contribution < -0.4 is 10.6 Å². The summed E-state index contributed by atoms with van der Waals surface area (Å²) in [6.07, 6.45) is -0.0410. The molecular weight excluding hydrogens is 319 g/mol. The average Bonchev–Trinajstić information content (AvgIpc) is 3.06. The number of amides is 2. The Bertz CT molecular complexity index is 746. The predicted octanol–water partition coefficient (Wildman–Crippen LogP) is 2.24. The Kier molecular flexibility index (Phi) is 4.40. The average molecular weight is 334 g/mol. The van der Waals surface area contributed by atoms with Gasteiger partial charge in [0, 0.05) is 18.7 Å². The van der Waals surface area contributed by atoms with Crippen molar-refractivity contribution in [1.29, 1.82) is 0 Å². The van der Waals surface area contributed by atoms with E-state index in [9.17, 15) is 19.1 Å². The molecule has 23 heavy (non-hydrogen) atoms. The van der Waals surface area contributed by atoms with Gasteiger partial charge >= 0.3 is 0 Å². The van der Waals surface area contributed by atoms with Crippen LogP contribution in [0.3, 0.4) is 0 Å². The van der Waals surface area contributed by atoms with Gasteiger partial charge in [-0.25, -0.2) is 4.39 Å². The van der Waals surface area contributed by atoms with Crippen molar-refractivity contribution in [3.05, 3.63) is 51.5 Å². The normalized spacial score (nSPS) is 14.8. The van der Waals surface area contributed by atoms with Crippen LogP contribution in [0.1, 0.15) is 34.0 Å². The number of hydrogen-bond acceptors (Lipinski definition) is 4. The summed E-state index contributed by atoms with van der Waals surface area (Å²) in [6, 6.07) is 4.39. The van der Waals surface area contributed by atoms with Crippen LogP contribution in [0.2, 0.25) is 0 Å². The number of halogens is 1. The van der Waals surface area contributed by atoms with Crippen molar-refractivity contribution in [3.8, 4) is 0 Å². The van der Waals surface area contributed by atoms with E-state index in [1.165, 1.54) is 17.4 Å². The summed E-state index contributed by atoms with van der Waals surface area (Å²) in [5.41, 5.74) is 1.77. The second-order valence-corrected chi connectivity index (χ2v) is 6.10. The lowest BCUT2D eigenvalue weighted by Crippen LogP contribution is -2.29. The Morgan fingerprint density at radius 2 is 2.26 bits per heavy atom. The maximum Gasteiger partial charge on any atom is 0.254 e. The van der Waals surface area contributed by atoms with E-state index in [-0.39, 0.29) is 18.0 Å². The fourth-order valence-electron chi connectivity index (χ4n) is 2.44. The number of rotatable bonds is 4. The van der Waals surface area contributed by atoms with Crippen molar-refractivity contribution in [2.45, 2.75) is 18.9 Å². The molecule has 0 aliphatic carbocycles. The van der Waals surface area contributed by atoms with Gasteiger partial charge in [-0.05, 0) is 46.5 Å². The van der Waals surface area contributed by atoms with Gasteiger partial charge in [-0.2, -0.15) is 11.3 Å². The zero-order chi connectivity index (χ0) is 16.4. The van der Waals surface area contributed by atoms with Crippen molar-refractivity contribution >= 4 is 28.8 Å². The van der Waals surface area contributed by atoms with E-state index in [2.05, 4.69) is 10.6 Å². The topological polar surface area (TPSA) is 78.4 Å². The molecule has 1 atom stereocenters. The van der Waals surface area contributed by atoms with Crippen LogP contribution in [0.5, 0.6) is 0 Å². The number of hydrogen-bond donors (Lipinski definition) is 3. The third-order valence-corrected chi connectivity index (χ3v) is 4.42. The fourth-order valence-corrected chi connectivity index (χ4v) is 3.15. The largest absolute Gasteiger partial charge is 0.387 e.